The molecule has 0 saturated heterocycles. The van der Waals surface area contributed by atoms with Crippen LogP contribution in [-0.4, -0.2) is 0 Å². The Labute approximate surface area is 101 Å². The van der Waals surface area contributed by atoms with Gasteiger partial charge >= 0.3 is 0 Å². The molecule has 0 N–H and O–H groups in total. The molecule has 2 aromatic carbocycles. The SMILES string of the molecule is Cc1cc2c(cc1C)[C@H]1O[C@@H]2c2ccccc21. The van der Waals surface area contributed by atoms with Crippen LogP contribution in [0.3, 0.4) is 0 Å². The molecule has 2 aliphatic heterocycles. The molecule has 1 heteroatoms. The van der Waals surface area contributed by atoms with E-state index in [1.165, 1.54) is 33.4 Å². The molecular weight excluding hydrogens is 208 g/mol. The van der Waals surface area contributed by atoms with Gasteiger partial charge in [-0.05, 0) is 47.2 Å². The monoisotopic (exact) mass is 222 g/mol. The minimum atomic E-state index is 0.172. The average Bonchev–Trinajstić information content (AvgIpc) is 2.87. The molecule has 17 heavy (non-hydrogen) atoms. The summed E-state index contributed by atoms with van der Waals surface area (Å²) in [6.07, 6.45) is 0.344. The van der Waals surface area contributed by atoms with Crippen LogP contribution < -0.4 is 0 Å². The number of hydrogen-bond donors (Lipinski definition) is 0. The van der Waals surface area contributed by atoms with Gasteiger partial charge in [0, 0.05) is 0 Å². The van der Waals surface area contributed by atoms with E-state index in [4.69, 9.17) is 4.74 Å². The lowest BCUT2D eigenvalue weighted by atomic mass is 9.84. The molecule has 0 unspecified atom stereocenters. The predicted octanol–water partition coefficient (Wildman–Crippen LogP) is 3.83. The standard InChI is InChI=1S/C16H14O/c1-9-7-13-14(8-10(9)2)16-12-6-4-3-5-11(12)15(13)17-16/h3-8,15-16H,1-2H3/t15-,16+. The van der Waals surface area contributed by atoms with Crippen molar-refractivity contribution in [1.82, 2.24) is 0 Å². The Kier molecular flexibility index (Phi) is 1.66. The molecule has 0 radical (unpaired) electrons. The Bertz CT molecular complexity index is 573. The van der Waals surface area contributed by atoms with Crippen molar-refractivity contribution in [3.05, 3.63) is 69.8 Å². The molecule has 0 amide bonds. The second-order valence-corrected chi connectivity index (χ2v) is 5.09. The first-order chi connectivity index (χ1) is 8.25. The van der Waals surface area contributed by atoms with Crippen LogP contribution in [0.15, 0.2) is 36.4 Å². The topological polar surface area (TPSA) is 9.23 Å². The third-order valence-corrected chi connectivity index (χ3v) is 4.10. The van der Waals surface area contributed by atoms with Gasteiger partial charge in [0.2, 0.25) is 0 Å². The van der Waals surface area contributed by atoms with Crippen molar-refractivity contribution in [3.8, 4) is 0 Å². The summed E-state index contributed by atoms with van der Waals surface area (Å²) in [7, 11) is 0. The first-order valence-electron chi connectivity index (χ1n) is 6.11. The molecule has 84 valence electrons. The van der Waals surface area contributed by atoms with Crippen LogP contribution >= 0.6 is 0 Å². The van der Waals surface area contributed by atoms with Crippen LogP contribution in [0.2, 0.25) is 0 Å². The largest absolute Gasteiger partial charge is 0.356 e. The lowest BCUT2D eigenvalue weighted by molar-refractivity contribution is 0.0857. The van der Waals surface area contributed by atoms with E-state index >= 15 is 0 Å². The molecule has 0 saturated carbocycles. The van der Waals surface area contributed by atoms with Gasteiger partial charge in [-0.2, -0.15) is 0 Å². The van der Waals surface area contributed by atoms with Crippen molar-refractivity contribution in [2.75, 3.05) is 0 Å². The fourth-order valence-electron chi connectivity index (χ4n) is 3.07. The summed E-state index contributed by atoms with van der Waals surface area (Å²) in [6.45, 7) is 4.35. The molecule has 2 heterocycles. The van der Waals surface area contributed by atoms with Crippen LogP contribution in [0.5, 0.6) is 0 Å². The molecule has 0 aromatic heterocycles. The molecule has 2 bridgehead atoms. The van der Waals surface area contributed by atoms with Gasteiger partial charge in [-0.1, -0.05) is 36.4 Å². The number of ether oxygens (including phenoxy) is 1. The molecular formula is C16H14O. The summed E-state index contributed by atoms with van der Waals surface area (Å²) in [4.78, 5) is 0. The van der Waals surface area contributed by atoms with Crippen molar-refractivity contribution >= 4 is 0 Å². The highest BCUT2D eigenvalue weighted by Gasteiger charge is 2.42. The van der Waals surface area contributed by atoms with Crippen molar-refractivity contribution in [2.24, 2.45) is 0 Å². The van der Waals surface area contributed by atoms with E-state index in [-0.39, 0.29) is 12.2 Å². The van der Waals surface area contributed by atoms with Gasteiger partial charge in [0.15, 0.2) is 0 Å². The van der Waals surface area contributed by atoms with E-state index < -0.39 is 0 Å². The van der Waals surface area contributed by atoms with Gasteiger partial charge in [-0.15, -0.1) is 0 Å². The van der Waals surface area contributed by atoms with Crippen LogP contribution in [0.1, 0.15) is 45.6 Å². The zero-order chi connectivity index (χ0) is 11.6. The second-order valence-electron chi connectivity index (χ2n) is 5.09. The maximum absolute atomic E-state index is 6.12. The van der Waals surface area contributed by atoms with Crippen molar-refractivity contribution < 1.29 is 4.74 Å². The maximum atomic E-state index is 6.12. The first kappa shape index (κ1) is 9.43. The highest BCUT2D eigenvalue weighted by atomic mass is 16.5. The lowest BCUT2D eigenvalue weighted by Crippen LogP contribution is -2.03. The van der Waals surface area contributed by atoms with Crippen molar-refractivity contribution in [1.29, 1.82) is 0 Å². The molecule has 2 aliphatic rings. The number of hydrogen-bond acceptors (Lipinski definition) is 1. The lowest BCUT2D eigenvalue weighted by Gasteiger charge is -2.17. The summed E-state index contributed by atoms with van der Waals surface area (Å²) < 4.78 is 6.12. The van der Waals surface area contributed by atoms with Crippen LogP contribution in [0.4, 0.5) is 0 Å². The van der Waals surface area contributed by atoms with Crippen molar-refractivity contribution in [2.45, 2.75) is 26.1 Å². The van der Waals surface area contributed by atoms with Gasteiger partial charge in [0.1, 0.15) is 12.2 Å². The second kappa shape index (κ2) is 2.99. The average molecular weight is 222 g/mol. The zero-order valence-corrected chi connectivity index (χ0v) is 10.0. The Balaban J connectivity index is 1.99. The first-order valence-corrected chi connectivity index (χ1v) is 6.11. The Morgan fingerprint density at radius 1 is 0.765 bits per heavy atom. The van der Waals surface area contributed by atoms with Gasteiger partial charge in [0.05, 0.1) is 0 Å². The van der Waals surface area contributed by atoms with Crippen LogP contribution in [0.25, 0.3) is 0 Å². The highest BCUT2D eigenvalue weighted by molar-refractivity contribution is 5.56. The summed E-state index contributed by atoms with van der Waals surface area (Å²) >= 11 is 0. The van der Waals surface area contributed by atoms with Crippen molar-refractivity contribution in [3.63, 3.8) is 0 Å². The molecule has 0 aliphatic carbocycles. The van der Waals surface area contributed by atoms with Crippen LogP contribution in [0, 0.1) is 13.8 Å². The molecule has 2 aromatic rings. The Morgan fingerprint density at radius 3 is 1.71 bits per heavy atom. The number of fused-ring (bicyclic) bond motifs is 8. The fraction of sp³-hybridized carbons (Fsp3) is 0.250. The van der Waals surface area contributed by atoms with Gasteiger partial charge < -0.3 is 4.74 Å². The third-order valence-electron chi connectivity index (χ3n) is 4.10. The Hall–Kier alpha value is -1.60. The van der Waals surface area contributed by atoms with Gasteiger partial charge in [-0.25, -0.2) is 0 Å². The highest BCUT2D eigenvalue weighted by Crippen LogP contribution is 2.54. The molecule has 1 nitrogen and oxygen atoms in total. The summed E-state index contributed by atoms with van der Waals surface area (Å²) in [5.74, 6) is 0. The van der Waals surface area contributed by atoms with Gasteiger partial charge in [-0.3, -0.25) is 0 Å². The van der Waals surface area contributed by atoms with E-state index in [0.29, 0.717) is 0 Å². The van der Waals surface area contributed by atoms with E-state index in [1.54, 1.807) is 0 Å². The number of aryl methyl sites for hydroxylation is 2. The summed E-state index contributed by atoms with van der Waals surface area (Å²) in [6, 6.07) is 13.2. The summed E-state index contributed by atoms with van der Waals surface area (Å²) in [5, 5.41) is 0. The number of rotatable bonds is 0. The minimum absolute atomic E-state index is 0.172. The van der Waals surface area contributed by atoms with Gasteiger partial charge in [0.25, 0.3) is 0 Å². The summed E-state index contributed by atoms with van der Waals surface area (Å²) in [5.41, 5.74) is 8.17. The molecule has 2 atom stereocenters. The van der Waals surface area contributed by atoms with E-state index in [1.807, 2.05) is 0 Å². The normalized spacial score (nSPS) is 23.6. The number of benzene rings is 2. The van der Waals surface area contributed by atoms with Crippen LogP contribution in [-0.2, 0) is 4.74 Å². The smallest absolute Gasteiger partial charge is 0.110 e. The zero-order valence-electron chi connectivity index (χ0n) is 10.0. The third kappa shape index (κ3) is 1.07. The molecule has 4 rings (SSSR count). The van der Waals surface area contributed by atoms with E-state index in [2.05, 4.69) is 50.2 Å². The fourth-order valence-corrected chi connectivity index (χ4v) is 3.07. The Morgan fingerprint density at radius 2 is 1.24 bits per heavy atom. The quantitative estimate of drug-likeness (QED) is 0.658. The predicted molar refractivity (Wildman–Crippen MR) is 67.1 cm³/mol. The molecule has 0 fully saturated rings. The van der Waals surface area contributed by atoms with E-state index in [9.17, 15) is 0 Å². The minimum Gasteiger partial charge on any atom is -0.356 e. The molecule has 0 spiro atoms. The maximum Gasteiger partial charge on any atom is 0.110 e. The van der Waals surface area contributed by atoms with E-state index in [0.717, 1.165) is 0 Å².